The highest BCUT2D eigenvalue weighted by molar-refractivity contribution is 4.96. The summed E-state index contributed by atoms with van der Waals surface area (Å²) in [6.07, 6.45) is 1.45. The SMILES string of the molecule is CC(C)[C@@H]1CC1(C)C. The predicted molar refractivity (Wildman–Crippen MR) is 36.7 cm³/mol. The summed E-state index contributed by atoms with van der Waals surface area (Å²) in [4.78, 5) is 0. The average Bonchev–Trinajstić information content (AvgIpc) is 2.13. The van der Waals surface area contributed by atoms with Gasteiger partial charge in [-0.2, -0.15) is 0 Å². The van der Waals surface area contributed by atoms with Crippen LogP contribution in [0, 0.1) is 17.3 Å². The summed E-state index contributed by atoms with van der Waals surface area (Å²) in [5.41, 5.74) is 0.689. The molecule has 0 radical (unpaired) electrons. The van der Waals surface area contributed by atoms with Gasteiger partial charge in [0.25, 0.3) is 0 Å². The first-order valence-electron chi connectivity index (χ1n) is 3.54. The highest BCUT2D eigenvalue weighted by atomic mass is 14.5. The maximum absolute atomic E-state index is 2.36. The molecular weight excluding hydrogens is 96.1 g/mol. The van der Waals surface area contributed by atoms with Crippen molar-refractivity contribution in [2.45, 2.75) is 34.1 Å². The van der Waals surface area contributed by atoms with Crippen molar-refractivity contribution in [1.29, 1.82) is 0 Å². The van der Waals surface area contributed by atoms with E-state index >= 15 is 0 Å². The Morgan fingerprint density at radius 1 is 1.38 bits per heavy atom. The van der Waals surface area contributed by atoms with Gasteiger partial charge < -0.3 is 0 Å². The molecule has 48 valence electrons. The summed E-state index contributed by atoms with van der Waals surface area (Å²) in [6.45, 7) is 9.36. The summed E-state index contributed by atoms with van der Waals surface area (Å²) in [5.74, 6) is 1.92. The Morgan fingerprint density at radius 3 is 1.75 bits per heavy atom. The van der Waals surface area contributed by atoms with Gasteiger partial charge in [-0.1, -0.05) is 27.7 Å². The average molecular weight is 112 g/mol. The third-order valence-electron chi connectivity index (χ3n) is 2.39. The van der Waals surface area contributed by atoms with Crippen molar-refractivity contribution in [3.05, 3.63) is 0 Å². The van der Waals surface area contributed by atoms with Gasteiger partial charge in [0, 0.05) is 0 Å². The minimum absolute atomic E-state index is 0.689. The Morgan fingerprint density at radius 2 is 1.75 bits per heavy atom. The first-order valence-corrected chi connectivity index (χ1v) is 3.54. The van der Waals surface area contributed by atoms with Gasteiger partial charge in [-0.3, -0.25) is 0 Å². The lowest BCUT2D eigenvalue weighted by atomic mass is 10.0. The molecule has 1 saturated carbocycles. The molecule has 0 aliphatic heterocycles. The second-order valence-electron chi connectivity index (χ2n) is 4.04. The topological polar surface area (TPSA) is 0 Å². The van der Waals surface area contributed by atoms with Crippen LogP contribution < -0.4 is 0 Å². The van der Waals surface area contributed by atoms with Crippen LogP contribution in [0.2, 0.25) is 0 Å². The fourth-order valence-electron chi connectivity index (χ4n) is 1.65. The first kappa shape index (κ1) is 6.12. The molecule has 0 heteroatoms. The van der Waals surface area contributed by atoms with Crippen LogP contribution in [0.3, 0.4) is 0 Å². The summed E-state index contributed by atoms with van der Waals surface area (Å²) < 4.78 is 0. The molecule has 0 aromatic rings. The van der Waals surface area contributed by atoms with Crippen LogP contribution in [0.25, 0.3) is 0 Å². The molecular formula is C8H16. The van der Waals surface area contributed by atoms with Gasteiger partial charge in [-0.25, -0.2) is 0 Å². The standard InChI is InChI=1S/C8H16/c1-6(2)7-5-8(7,3)4/h6-7H,5H2,1-4H3/t7-/m0/s1. The van der Waals surface area contributed by atoms with E-state index in [1.54, 1.807) is 0 Å². The maximum atomic E-state index is 2.36. The van der Waals surface area contributed by atoms with Gasteiger partial charge in [0.1, 0.15) is 0 Å². The quantitative estimate of drug-likeness (QED) is 0.489. The van der Waals surface area contributed by atoms with Gasteiger partial charge in [0.05, 0.1) is 0 Å². The summed E-state index contributed by atoms with van der Waals surface area (Å²) in [7, 11) is 0. The van der Waals surface area contributed by atoms with Crippen molar-refractivity contribution in [2.75, 3.05) is 0 Å². The smallest absolute Gasteiger partial charge is 0.0320 e. The van der Waals surface area contributed by atoms with E-state index in [0.717, 1.165) is 11.8 Å². The van der Waals surface area contributed by atoms with Gasteiger partial charge in [0.2, 0.25) is 0 Å². The van der Waals surface area contributed by atoms with E-state index in [1.807, 2.05) is 0 Å². The van der Waals surface area contributed by atoms with Crippen LogP contribution in [0.5, 0.6) is 0 Å². The zero-order valence-electron chi connectivity index (χ0n) is 6.36. The zero-order chi connectivity index (χ0) is 6.36. The Balaban J connectivity index is 2.37. The predicted octanol–water partition coefficient (Wildman–Crippen LogP) is 2.69. The monoisotopic (exact) mass is 112 g/mol. The van der Waals surface area contributed by atoms with Crippen molar-refractivity contribution >= 4 is 0 Å². The zero-order valence-corrected chi connectivity index (χ0v) is 6.36. The molecule has 0 bridgehead atoms. The normalized spacial score (nSPS) is 33.4. The minimum atomic E-state index is 0.689. The lowest BCUT2D eigenvalue weighted by molar-refractivity contribution is 0.451. The van der Waals surface area contributed by atoms with E-state index in [4.69, 9.17) is 0 Å². The third kappa shape index (κ3) is 0.888. The van der Waals surface area contributed by atoms with Crippen LogP contribution >= 0.6 is 0 Å². The van der Waals surface area contributed by atoms with E-state index in [-0.39, 0.29) is 0 Å². The molecule has 1 aliphatic carbocycles. The summed E-state index contributed by atoms with van der Waals surface area (Å²) in [5, 5.41) is 0. The van der Waals surface area contributed by atoms with Crippen LogP contribution in [0.4, 0.5) is 0 Å². The fourth-order valence-corrected chi connectivity index (χ4v) is 1.65. The molecule has 1 atom stereocenters. The van der Waals surface area contributed by atoms with Crippen molar-refractivity contribution < 1.29 is 0 Å². The van der Waals surface area contributed by atoms with E-state index in [0.29, 0.717) is 5.41 Å². The molecule has 1 fully saturated rings. The largest absolute Gasteiger partial charge is 0.0625 e. The molecule has 0 N–H and O–H groups in total. The first-order chi connectivity index (χ1) is 3.54. The van der Waals surface area contributed by atoms with E-state index < -0.39 is 0 Å². The van der Waals surface area contributed by atoms with Crippen molar-refractivity contribution in [3.8, 4) is 0 Å². The summed E-state index contributed by atoms with van der Waals surface area (Å²) >= 11 is 0. The van der Waals surface area contributed by atoms with Crippen LogP contribution in [-0.2, 0) is 0 Å². The molecule has 0 aromatic carbocycles. The Hall–Kier alpha value is 0. The third-order valence-corrected chi connectivity index (χ3v) is 2.39. The molecule has 1 aliphatic rings. The molecule has 0 unspecified atom stereocenters. The molecule has 8 heavy (non-hydrogen) atoms. The second-order valence-corrected chi connectivity index (χ2v) is 4.04. The van der Waals surface area contributed by atoms with E-state index in [9.17, 15) is 0 Å². The van der Waals surface area contributed by atoms with Crippen molar-refractivity contribution in [3.63, 3.8) is 0 Å². The van der Waals surface area contributed by atoms with Crippen molar-refractivity contribution in [1.82, 2.24) is 0 Å². The van der Waals surface area contributed by atoms with Gasteiger partial charge in [0.15, 0.2) is 0 Å². The molecule has 0 saturated heterocycles. The van der Waals surface area contributed by atoms with Crippen LogP contribution in [-0.4, -0.2) is 0 Å². The molecule has 0 heterocycles. The summed E-state index contributed by atoms with van der Waals surface area (Å²) in [6, 6.07) is 0. The Kier molecular flexibility index (Phi) is 1.14. The van der Waals surface area contributed by atoms with Gasteiger partial charge in [-0.05, 0) is 23.7 Å². The van der Waals surface area contributed by atoms with E-state index in [2.05, 4.69) is 27.7 Å². The van der Waals surface area contributed by atoms with Crippen LogP contribution in [0.1, 0.15) is 34.1 Å². The fraction of sp³-hybridized carbons (Fsp3) is 1.00. The molecule has 1 rings (SSSR count). The Labute approximate surface area is 52.3 Å². The molecule has 0 amide bonds. The molecule has 0 nitrogen and oxygen atoms in total. The highest BCUT2D eigenvalue weighted by Crippen LogP contribution is 2.55. The number of rotatable bonds is 1. The lowest BCUT2D eigenvalue weighted by Crippen LogP contribution is -1.96. The van der Waals surface area contributed by atoms with Crippen LogP contribution in [0.15, 0.2) is 0 Å². The molecule has 0 aromatic heterocycles. The molecule has 0 spiro atoms. The lowest BCUT2D eigenvalue weighted by Gasteiger charge is -2.04. The van der Waals surface area contributed by atoms with Gasteiger partial charge in [-0.15, -0.1) is 0 Å². The number of hydrogen-bond acceptors (Lipinski definition) is 0. The second kappa shape index (κ2) is 1.49. The van der Waals surface area contributed by atoms with Gasteiger partial charge >= 0.3 is 0 Å². The maximum Gasteiger partial charge on any atom is -0.0320 e. The highest BCUT2D eigenvalue weighted by Gasteiger charge is 2.46. The van der Waals surface area contributed by atoms with E-state index in [1.165, 1.54) is 6.42 Å². The van der Waals surface area contributed by atoms with Crippen molar-refractivity contribution in [2.24, 2.45) is 17.3 Å². The Bertz CT molecular complexity index is 90.2. The minimum Gasteiger partial charge on any atom is -0.0625 e. The number of hydrogen-bond donors (Lipinski definition) is 0.